The molecule has 1 fully saturated rings. The number of rotatable bonds is 4. The summed E-state index contributed by atoms with van der Waals surface area (Å²) in [6, 6.07) is 0. The summed E-state index contributed by atoms with van der Waals surface area (Å²) < 4.78 is 5.85. The molecule has 0 bridgehead atoms. The molecule has 0 spiro atoms. The maximum absolute atomic E-state index is 5.85. The first-order valence-corrected chi connectivity index (χ1v) is 5.98. The van der Waals surface area contributed by atoms with Crippen molar-refractivity contribution in [1.29, 1.82) is 0 Å². The smallest absolute Gasteiger partial charge is 0.0608 e. The summed E-state index contributed by atoms with van der Waals surface area (Å²) in [6.07, 6.45) is 4.38. The lowest BCUT2D eigenvalue weighted by Gasteiger charge is -2.39. The predicted molar refractivity (Wildman–Crippen MR) is 60.1 cm³/mol. The number of ether oxygens (including phenoxy) is 1. The second-order valence-corrected chi connectivity index (χ2v) is 4.93. The molecule has 84 valence electrons. The van der Waals surface area contributed by atoms with Crippen molar-refractivity contribution in [2.75, 3.05) is 13.2 Å². The first-order chi connectivity index (χ1) is 6.66. The molecule has 0 heterocycles. The van der Waals surface area contributed by atoms with E-state index in [1.807, 2.05) is 0 Å². The van der Waals surface area contributed by atoms with Crippen LogP contribution in [-0.2, 0) is 4.74 Å². The molecule has 1 aliphatic rings. The summed E-state index contributed by atoms with van der Waals surface area (Å²) in [5, 5.41) is 0. The molecule has 0 radical (unpaired) electrons. The van der Waals surface area contributed by atoms with E-state index < -0.39 is 0 Å². The van der Waals surface area contributed by atoms with Gasteiger partial charge in [0.2, 0.25) is 0 Å². The number of hydrogen-bond acceptors (Lipinski definition) is 2. The highest BCUT2D eigenvalue weighted by Crippen LogP contribution is 2.36. The van der Waals surface area contributed by atoms with E-state index >= 15 is 0 Å². The average Bonchev–Trinajstić information content (AvgIpc) is 2.14. The van der Waals surface area contributed by atoms with Crippen molar-refractivity contribution in [3.63, 3.8) is 0 Å². The van der Waals surface area contributed by atoms with E-state index in [0.29, 0.717) is 12.6 Å². The summed E-state index contributed by atoms with van der Waals surface area (Å²) in [6.45, 7) is 8.36. The van der Waals surface area contributed by atoms with Crippen LogP contribution >= 0.6 is 0 Å². The van der Waals surface area contributed by atoms with Gasteiger partial charge in [0, 0.05) is 6.54 Å². The fraction of sp³-hybridized carbons (Fsp3) is 1.00. The minimum absolute atomic E-state index is 0.460. The van der Waals surface area contributed by atoms with Crippen LogP contribution in [0.2, 0.25) is 0 Å². The van der Waals surface area contributed by atoms with Crippen LogP contribution in [0.1, 0.15) is 40.0 Å². The quantitative estimate of drug-likeness (QED) is 0.754. The van der Waals surface area contributed by atoms with Crippen LogP contribution in [0.5, 0.6) is 0 Å². The Morgan fingerprint density at radius 1 is 1.36 bits per heavy atom. The predicted octanol–water partition coefficient (Wildman–Crippen LogP) is 2.42. The van der Waals surface area contributed by atoms with E-state index in [-0.39, 0.29) is 0 Å². The fourth-order valence-electron chi connectivity index (χ4n) is 2.89. The number of nitrogens with two attached hydrogens (primary N) is 1. The molecule has 0 aromatic rings. The Labute approximate surface area is 88.2 Å². The van der Waals surface area contributed by atoms with E-state index in [2.05, 4.69) is 20.8 Å². The van der Waals surface area contributed by atoms with Gasteiger partial charge >= 0.3 is 0 Å². The lowest BCUT2D eigenvalue weighted by atomic mass is 9.72. The summed E-state index contributed by atoms with van der Waals surface area (Å²) in [4.78, 5) is 0. The number of hydrogen-bond donors (Lipinski definition) is 1. The van der Waals surface area contributed by atoms with Crippen LogP contribution in [0.15, 0.2) is 0 Å². The zero-order valence-corrected chi connectivity index (χ0v) is 9.83. The van der Waals surface area contributed by atoms with Crippen LogP contribution in [0.3, 0.4) is 0 Å². The van der Waals surface area contributed by atoms with E-state index in [9.17, 15) is 0 Å². The van der Waals surface area contributed by atoms with Crippen LogP contribution in [0.25, 0.3) is 0 Å². The third kappa shape index (κ3) is 2.96. The van der Waals surface area contributed by atoms with E-state index in [1.54, 1.807) is 0 Å². The molecular formula is C12H25NO. The summed E-state index contributed by atoms with van der Waals surface area (Å²) in [5.41, 5.74) is 5.48. The molecule has 2 N–H and O–H groups in total. The van der Waals surface area contributed by atoms with E-state index in [1.165, 1.54) is 19.3 Å². The van der Waals surface area contributed by atoms with Gasteiger partial charge in [-0.3, -0.25) is 0 Å². The van der Waals surface area contributed by atoms with Gasteiger partial charge in [0.1, 0.15) is 0 Å². The Bertz CT molecular complexity index is 158. The van der Waals surface area contributed by atoms with Crippen molar-refractivity contribution in [2.24, 2.45) is 23.5 Å². The first kappa shape index (κ1) is 12.0. The molecule has 1 aliphatic carbocycles. The average molecular weight is 199 g/mol. The lowest BCUT2D eigenvalue weighted by Crippen LogP contribution is -2.37. The van der Waals surface area contributed by atoms with Gasteiger partial charge in [-0.15, -0.1) is 0 Å². The second kappa shape index (κ2) is 5.72. The molecule has 0 aromatic heterocycles. The molecule has 14 heavy (non-hydrogen) atoms. The highest BCUT2D eigenvalue weighted by Gasteiger charge is 2.33. The normalized spacial score (nSPS) is 33.6. The lowest BCUT2D eigenvalue weighted by molar-refractivity contribution is -0.0435. The minimum atomic E-state index is 0.460. The Morgan fingerprint density at radius 2 is 2.07 bits per heavy atom. The van der Waals surface area contributed by atoms with Crippen molar-refractivity contribution in [3.8, 4) is 0 Å². The molecule has 0 aromatic carbocycles. The zero-order chi connectivity index (χ0) is 10.6. The monoisotopic (exact) mass is 199 g/mol. The third-order valence-electron chi connectivity index (χ3n) is 3.45. The van der Waals surface area contributed by atoms with Gasteiger partial charge < -0.3 is 10.5 Å². The Balaban J connectivity index is 2.51. The molecule has 0 amide bonds. The third-order valence-corrected chi connectivity index (χ3v) is 3.45. The van der Waals surface area contributed by atoms with Gasteiger partial charge in [-0.1, -0.05) is 33.6 Å². The largest absolute Gasteiger partial charge is 0.377 e. The first-order valence-electron chi connectivity index (χ1n) is 5.98. The Kier molecular flexibility index (Phi) is 4.90. The van der Waals surface area contributed by atoms with Crippen molar-refractivity contribution >= 4 is 0 Å². The topological polar surface area (TPSA) is 35.2 Å². The van der Waals surface area contributed by atoms with Gasteiger partial charge in [0.05, 0.1) is 12.7 Å². The standard InChI is InChI=1S/C12H25NO/c1-9(2)12-10(3)5-4-6-11(12)14-8-7-13/h9-12H,4-8,13H2,1-3H3/t10-,11+,12+/m0/s1. The molecule has 0 aliphatic heterocycles. The molecule has 2 heteroatoms. The van der Waals surface area contributed by atoms with Gasteiger partial charge in [-0.25, -0.2) is 0 Å². The zero-order valence-electron chi connectivity index (χ0n) is 9.83. The van der Waals surface area contributed by atoms with Crippen LogP contribution in [-0.4, -0.2) is 19.3 Å². The van der Waals surface area contributed by atoms with Crippen LogP contribution < -0.4 is 5.73 Å². The summed E-state index contributed by atoms with van der Waals surface area (Å²) in [5.74, 6) is 2.27. The van der Waals surface area contributed by atoms with Crippen molar-refractivity contribution < 1.29 is 4.74 Å². The SMILES string of the molecule is CC(C)[C@@H]1[C@@H](C)CCC[C@H]1OCCN. The van der Waals surface area contributed by atoms with Crippen molar-refractivity contribution in [2.45, 2.75) is 46.1 Å². The van der Waals surface area contributed by atoms with Crippen molar-refractivity contribution in [1.82, 2.24) is 0 Å². The maximum Gasteiger partial charge on any atom is 0.0608 e. The van der Waals surface area contributed by atoms with Gasteiger partial charge in [-0.2, -0.15) is 0 Å². The molecule has 0 saturated heterocycles. The van der Waals surface area contributed by atoms with Crippen LogP contribution in [0.4, 0.5) is 0 Å². The van der Waals surface area contributed by atoms with Gasteiger partial charge in [-0.05, 0) is 24.2 Å². The minimum Gasteiger partial charge on any atom is -0.377 e. The Hall–Kier alpha value is -0.0800. The molecule has 1 saturated carbocycles. The van der Waals surface area contributed by atoms with Crippen LogP contribution in [0, 0.1) is 17.8 Å². The highest BCUT2D eigenvalue weighted by atomic mass is 16.5. The Morgan fingerprint density at radius 3 is 2.64 bits per heavy atom. The highest BCUT2D eigenvalue weighted by molar-refractivity contribution is 4.82. The second-order valence-electron chi connectivity index (χ2n) is 4.93. The molecule has 1 rings (SSSR count). The molecule has 0 unspecified atom stereocenters. The fourth-order valence-corrected chi connectivity index (χ4v) is 2.89. The molecular weight excluding hydrogens is 174 g/mol. The molecule has 3 atom stereocenters. The maximum atomic E-state index is 5.85. The van der Waals surface area contributed by atoms with Crippen molar-refractivity contribution in [3.05, 3.63) is 0 Å². The summed E-state index contributed by atoms with van der Waals surface area (Å²) >= 11 is 0. The summed E-state index contributed by atoms with van der Waals surface area (Å²) in [7, 11) is 0. The van der Waals surface area contributed by atoms with E-state index in [4.69, 9.17) is 10.5 Å². The molecule has 2 nitrogen and oxygen atoms in total. The van der Waals surface area contributed by atoms with Gasteiger partial charge in [0.25, 0.3) is 0 Å². The van der Waals surface area contributed by atoms with Gasteiger partial charge in [0.15, 0.2) is 0 Å². The van der Waals surface area contributed by atoms with E-state index in [0.717, 1.165) is 24.4 Å².